The summed E-state index contributed by atoms with van der Waals surface area (Å²) < 4.78 is 4.77. The number of allylic oxidation sites excluding steroid dienone is 2. The third-order valence-corrected chi connectivity index (χ3v) is 0.865. The Kier molecular flexibility index (Phi) is 3.94. The lowest BCUT2D eigenvalue weighted by Gasteiger charge is -1.97. The first kappa shape index (κ1) is 7.21. The molecular weight excluding hydrogens is 104 g/mol. The maximum atomic E-state index is 9.78. The highest BCUT2D eigenvalue weighted by atomic mass is 16.5. The Morgan fingerprint density at radius 2 is 2.38 bits per heavy atom. The van der Waals surface area contributed by atoms with Crippen molar-refractivity contribution in [1.82, 2.24) is 0 Å². The van der Waals surface area contributed by atoms with Gasteiger partial charge in [0.2, 0.25) is 0 Å². The molecular formula is C6H10O2. The molecule has 0 radical (unpaired) electrons. The lowest BCUT2D eigenvalue weighted by atomic mass is 10.4. The summed E-state index contributed by atoms with van der Waals surface area (Å²) in [5, 5.41) is 0. The third kappa shape index (κ3) is 2.39. The quantitative estimate of drug-likeness (QED) is 0.312. The molecule has 0 saturated heterocycles. The van der Waals surface area contributed by atoms with Crippen LogP contribution in [-0.2, 0) is 9.53 Å². The van der Waals surface area contributed by atoms with Crippen LogP contribution in [0.3, 0.4) is 0 Å². The van der Waals surface area contributed by atoms with E-state index in [9.17, 15) is 4.79 Å². The first-order valence-electron chi connectivity index (χ1n) is 2.53. The zero-order chi connectivity index (χ0) is 6.41. The molecule has 2 nitrogen and oxygen atoms in total. The predicted molar refractivity (Wildman–Crippen MR) is 31.4 cm³/mol. The van der Waals surface area contributed by atoms with Crippen molar-refractivity contribution in [2.75, 3.05) is 7.11 Å². The highest BCUT2D eigenvalue weighted by Crippen LogP contribution is 1.97. The molecule has 0 aliphatic rings. The smallest absolute Gasteiger partial charge is 0.146 e. The summed E-state index contributed by atoms with van der Waals surface area (Å²) in [7, 11) is 1.55. The Morgan fingerprint density at radius 1 is 1.75 bits per heavy atom. The summed E-state index contributed by atoms with van der Waals surface area (Å²) in [5.41, 5.74) is 0. The van der Waals surface area contributed by atoms with Crippen LogP contribution in [0.5, 0.6) is 0 Å². The third-order valence-electron chi connectivity index (χ3n) is 0.865. The molecule has 0 bridgehead atoms. The standard InChI is InChI=1S/C6H10O2/c1-3-6(8-2)4-5-7/h4-5H,3H2,1-2H3. The Bertz CT molecular complexity index is 88.7. The number of hydrogen-bond acceptors (Lipinski definition) is 2. The van der Waals surface area contributed by atoms with E-state index < -0.39 is 0 Å². The molecule has 0 N–H and O–H groups in total. The van der Waals surface area contributed by atoms with E-state index in [-0.39, 0.29) is 0 Å². The molecule has 0 aromatic rings. The Labute approximate surface area is 49.1 Å². The van der Waals surface area contributed by atoms with E-state index in [2.05, 4.69) is 0 Å². The zero-order valence-electron chi connectivity index (χ0n) is 5.18. The summed E-state index contributed by atoms with van der Waals surface area (Å²) in [5.74, 6) is 0.722. The Hall–Kier alpha value is -0.790. The van der Waals surface area contributed by atoms with E-state index in [0.717, 1.165) is 18.5 Å². The number of ether oxygens (including phenoxy) is 1. The van der Waals surface area contributed by atoms with Gasteiger partial charge in [-0.2, -0.15) is 0 Å². The van der Waals surface area contributed by atoms with Gasteiger partial charge in [-0.1, -0.05) is 6.92 Å². The second kappa shape index (κ2) is 4.37. The fraction of sp³-hybridized carbons (Fsp3) is 0.500. The van der Waals surface area contributed by atoms with Crippen LogP contribution in [0, 0.1) is 0 Å². The summed E-state index contributed by atoms with van der Waals surface area (Å²) in [6.45, 7) is 1.93. The summed E-state index contributed by atoms with van der Waals surface area (Å²) in [4.78, 5) is 9.78. The molecule has 0 spiro atoms. The molecule has 0 aliphatic carbocycles. The monoisotopic (exact) mass is 114 g/mol. The largest absolute Gasteiger partial charge is 0.501 e. The molecule has 0 aromatic carbocycles. The van der Waals surface area contributed by atoms with Crippen molar-refractivity contribution in [1.29, 1.82) is 0 Å². The van der Waals surface area contributed by atoms with Crippen LogP contribution in [-0.4, -0.2) is 13.4 Å². The molecule has 0 rings (SSSR count). The number of hydrogen-bond donors (Lipinski definition) is 0. The normalized spacial score (nSPS) is 11.0. The highest BCUT2D eigenvalue weighted by molar-refractivity contribution is 5.65. The zero-order valence-corrected chi connectivity index (χ0v) is 5.18. The van der Waals surface area contributed by atoms with Gasteiger partial charge in [-0.25, -0.2) is 0 Å². The van der Waals surface area contributed by atoms with E-state index in [1.807, 2.05) is 6.92 Å². The molecule has 0 unspecified atom stereocenters. The van der Waals surface area contributed by atoms with Crippen molar-refractivity contribution < 1.29 is 9.53 Å². The van der Waals surface area contributed by atoms with Crippen LogP contribution in [0.2, 0.25) is 0 Å². The molecule has 8 heavy (non-hydrogen) atoms. The van der Waals surface area contributed by atoms with Crippen LogP contribution in [0.1, 0.15) is 13.3 Å². The van der Waals surface area contributed by atoms with Crippen molar-refractivity contribution in [3.63, 3.8) is 0 Å². The fourth-order valence-corrected chi connectivity index (χ4v) is 0.406. The lowest BCUT2D eigenvalue weighted by Crippen LogP contribution is -1.83. The van der Waals surface area contributed by atoms with Gasteiger partial charge in [0.05, 0.1) is 12.9 Å². The molecule has 2 heteroatoms. The summed E-state index contributed by atoms with van der Waals surface area (Å²) >= 11 is 0. The number of methoxy groups -OCH3 is 1. The van der Waals surface area contributed by atoms with E-state index in [1.165, 1.54) is 6.08 Å². The molecule has 0 aliphatic heterocycles. The highest BCUT2D eigenvalue weighted by Gasteiger charge is 1.85. The van der Waals surface area contributed by atoms with Crippen LogP contribution >= 0.6 is 0 Å². The van der Waals surface area contributed by atoms with Gasteiger partial charge in [0, 0.05) is 12.5 Å². The first-order valence-corrected chi connectivity index (χ1v) is 2.53. The molecule has 0 amide bonds. The lowest BCUT2D eigenvalue weighted by molar-refractivity contribution is -0.104. The SMILES string of the molecule is CCC(=CC=O)OC. The van der Waals surface area contributed by atoms with E-state index in [0.29, 0.717) is 0 Å². The fourth-order valence-electron chi connectivity index (χ4n) is 0.406. The second-order valence-corrected chi connectivity index (χ2v) is 1.33. The van der Waals surface area contributed by atoms with Gasteiger partial charge in [-0.15, -0.1) is 0 Å². The second-order valence-electron chi connectivity index (χ2n) is 1.33. The molecule has 0 aromatic heterocycles. The van der Waals surface area contributed by atoms with Crippen molar-refractivity contribution in [3.05, 3.63) is 11.8 Å². The van der Waals surface area contributed by atoms with Crippen LogP contribution in [0.15, 0.2) is 11.8 Å². The Morgan fingerprint density at radius 3 is 2.50 bits per heavy atom. The summed E-state index contributed by atoms with van der Waals surface area (Å²) in [6.07, 6.45) is 2.91. The molecule has 0 heterocycles. The minimum absolute atomic E-state index is 0.722. The maximum absolute atomic E-state index is 9.78. The van der Waals surface area contributed by atoms with E-state index >= 15 is 0 Å². The average molecular weight is 114 g/mol. The van der Waals surface area contributed by atoms with Gasteiger partial charge in [-0.3, -0.25) is 4.79 Å². The predicted octanol–water partition coefficient (Wildman–Crippen LogP) is 1.13. The summed E-state index contributed by atoms with van der Waals surface area (Å²) in [6, 6.07) is 0. The van der Waals surface area contributed by atoms with Gasteiger partial charge < -0.3 is 4.74 Å². The number of carbonyl (C=O) groups is 1. The van der Waals surface area contributed by atoms with E-state index in [1.54, 1.807) is 7.11 Å². The van der Waals surface area contributed by atoms with Gasteiger partial charge in [0.1, 0.15) is 6.29 Å². The maximum Gasteiger partial charge on any atom is 0.146 e. The van der Waals surface area contributed by atoms with Gasteiger partial charge >= 0.3 is 0 Å². The molecule has 0 atom stereocenters. The number of carbonyl (C=O) groups excluding carboxylic acids is 1. The van der Waals surface area contributed by atoms with Crippen molar-refractivity contribution in [2.24, 2.45) is 0 Å². The van der Waals surface area contributed by atoms with Crippen LogP contribution in [0.25, 0.3) is 0 Å². The van der Waals surface area contributed by atoms with Crippen molar-refractivity contribution in [2.45, 2.75) is 13.3 Å². The Balaban J connectivity index is 3.66. The molecule has 0 fully saturated rings. The van der Waals surface area contributed by atoms with Gasteiger partial charge in [0.25, 0.3) is 0 Å². The minimum Gasteiger partial charge on any atom is -0.501 e. The molecule has 46 valence electrons. The van der Waals surface area contributed by atoms with E-state index in [4.69, 9.17) is 4.74 Å². The van der Waals surface area contributed by atoms with Gasteiger partial charge in [-0.05, 0) is 0 Å². The molecule has 0 saturated carbocycles. The first-order chi connectivity index (χ1) is 3.85. The number of rotatable bonds is 3. The van der Waals surface area contributed by atoms with Crippen LogP contribution < -0.4 is 0 Å². The van der Waals surface area contributed by atoms with Gasteiger partial charge in [0.15, 0.2) is 0 Å². The average Bonchev–Trinajstić information content (AvgIpc) is 1.83. The van der Waals surface area contributed by atoms with Crippen molar-refractivity contribution in [3.8, 4) is 0 Å². The topological polar surface area (TPSA) is 26.3 Å². The van der Waals surface area contributed by atoms with Crippen LogP contribution in [0.4, 0.5) is 0 Å². The minimum atomic E-state index is 0.722. The van der Waals surface area contributed by atoms with Crippen molar-refractivity contribution >= 4 is 6.29 Å². The number of aldehydes is 1.